The molecule has 0 radical (unpaired) electrons. The van der Waals surface area contributed by atoms with Crippen molar-refractivity contribution < 1.29 is 9.18 Å². The van der Waals surface area contributed by atoms with E-state index in [2.05, 4.69) is 0 Å². The molecule has 15 heavy (non-hydrogen) atoms. The van der Waals surface area contributed by atoms with Gasteiger partial charge in [0.15, 0.2) is 5.78 Å². The fourth-order valence-corrected chi connectivity index (χ4v) is 1.84. The van der Waals surface area contributed by atoms with E-state index >= 15 is 0 Å². The van der Waals surface area contributed by atoms with E-state index in [4.69, 9.17) is 0 Å². The number of hydrogen-bond donors (Lipinski definition) is 0. The van der Waals surface area contributed by atoms with Gasteiger partial charge < -0.3 is 0 Å². The van der Waals surface area contributed by atoms with Crippen LogP contribution in [-0.4, -0.2) is 12.0 Å². The number of halogens is 1. The Morgan fingerprint density at radius 1 is 1.27 bits per heavy atom. The lowest BCUT2D eigenvalue weighted by atomic mass is 9.92. The van der Waals surface area contributed by atoms with Gasteiger partial charge >= 0.3 is 0 Å². The van der Waals surface area contributed by atoms with Crippen LogP contribution in [0.2, 0.25) is 0 Å². The first-order valence-corrected chi connectivity index (χ1v) is 5.22. The molecule has 1 aromatic rings. The molecule has 0 heterocycles. The van der Waals surface area contributed by atoms with E-state index in [0.29, 0.717) is 24.0 Å². The van der Waals surface area contributed by atoms with E-state index in [1.54, 1.807) is 12.1 Å². The number of ketones is 1. The maximum atomic E-state index is 13.1. The molecule has 0 bridgehead atoms. The first-order valence-electron chi connectivity index (χ1n) is 5.22. The van der Waals surface area contributed by atoms with Crippen LogP contribution < -0.4 is 0 Å². The van der Waals surface area contributed by atoms with Crippen molar-refractivity contribution in [1.29, 1.82) is 0 Å². The van der Waals surface area contributed by atoms with Crippen LogP contribution in [0.15, 0.2) is 42.0 Å². The van der Waals surface area contributed by atoms with Gasteiger partial charge in [-0.2, -0.15) is 0 Å². The molecule has 0 N–H and O–H groups in total. The third kappa shape index (κ3) is 2.32. The quantitative estimate of drug-likeness (QED) is 0.675. The van der Waals surface area contributed by atoms with Crippen molar-refractivity contribution in [3.63, 3.8) is 0 Å². The second-order valence-electron chi connectivity index (χ2n) is 3.80. The van der Waals surface area contributed by atoms with E-state index in [1.807, 2.05) is 18.2 Å². The summed E-state index contributed by atoms with van der Waals surface area (Å²) in [4.78, 5) is 11.9. The molecule has 1 atom stereocenters. The second-order valence-corrected chi connectivity index (χ2v) is 3.80. The number of allylic oxidation sites excluding steroid dienone is 2. The third-order valence-corrected chi connectivity index (χ3v) is 2.64. The minimum Gasteiger partial charge on any atom is -0.289 e. The number of carbonyl (C=O) groups excluding carboxylic acids is 1. The van der Waals surface area contributed by atoms with Gasteiger partial charge in [0, 0.05) is 5.56 Å². The molecule has 0 amide bonds. The van der Waals surface area contributed by atoms with Crippen molar-refractivity contribution in [1.82, 2.24) is 0 Å². The van der Waals surface area contributed by atoms with E-state index in [0.717, 1.165) is 6.42 Å². The Bertz CT molecular complexity index is 381. The number of carbonyl (C=O) groups is 1. The predicted molar refractivity (Wildman–Crippen MR) is 57.6 cm³/mol. The summed E-state index contributed by atoms with van der Waals surface area (Å²) in [6, 6.07) is 9.05. The highest BCUT2D eigenvalue weighted by Gasteiger charge is 2.18. The van der Waals surface area contributed by atoms with Crippen LogP contribution in [0.1, 0.15) is 29.6 Å². The molecular formula is C13H13FO. The highest BCUT2D eigenvalue weighted by molar-refractivity contribution is 6.08. The van der Waals surface area contributed by atoms with Gasteiger partial charge in [-0.05, 0) is 30.9 Å². The van der Waals surface area contributed by atoms with Gasteiger partial charge in [0.05, 0.1) is 0 Å². The average molecular weight is 204 g/mol. The van der Waals surface area contributed by atoms with Gasteiger partial charge in [-0.15, -0.1) is 0 Å². The number of alkyl halides is 1. The zero-order valence-electron chi connectivity index (χ0n) is 8.45. The molecule has 2 rings (SSSR count). The standard InChI is InChI=1S/C13H13FO/c14-12-8-4-7-11(9-12)13(15)10-5-2-1-3-6-10/h1-3,5-6,9,12H,4,7-8H2. The molecule has 1 unspecified atom stereocenters. The summed E-state index contributed by atoms with van der Waals surface area (Å²) in [5.41, 5.74) is 1.28. The first-order chi connectivity index (χ1) is 7.27. The third-order valence-electron chi connectivity index (χ3n) is 2.64. The Balaban J connectivity index is 2.22. The van der Waals surface area contributed by atoms with Crippen LogP contribution in [0, 0.1) is 0 Å². The molecule has 2 heteroatoms. The predicted octanol–water partition coefficient (Wildman–Crippen LogP) is 3.32. The molecular weight excluding hydrogens is 191 g/mol. The van der Waals surface area contributed by atoms with E-state index in [1.165, 1.54) is 6.08 Å². The minimum absolute atomic E-state index is 0.0297. The lowest BCUT2D eigenvalue weighted by molar-refractivity contribution is 0.102. The molecule has 78 valence electrons. The van der Waals surface area contributed by atoms with Crippen molar-refractivity contribution in [2.45, 2.75) is 25.4 Å². The Morgan fingerprint density at radius 2 is 2.00 bits per heavy atom. The fourth-order valence-electron chi connectivity index (χ4n) is 1.84. The summed E-state index contributed by atoms with van der Waals surface area (Å²) < 4.78 is 13.1. The molecule has 0 fully saturated rings. The molecule has 0 saturated heterocycles. The normalized spacial score (nSPS) is 20.9. The van der Waals surface area contributed by atoms with Gasteiger partial charge in [0.25, 0.3) is 0 Å². The summed E-state index contributed by atoms with van der Waals surface area (Å²) in [7, 11) is 0. The second kappa shape index (κ2) is 4.39. The molecule has 1 nitrogen and oxygen atoms in total. The van der Waals surface area contributed by atoms with Crippen LogP contribution in [0.4, 0.5) is 4.39 Å². The molecule has 1 aliphatic rings. The summed E-state index contributed by atoms with van der Waals surface area (Å²) >= 11 is 0. The van der Waals surface area contributed by atoms with Gasteiger partial charge in [-0.25, -0.2) is 4.39 Å². The highest BCUT2D eigenvalue weighted by atomic mass is 19.1. The maximum Gasteiger partial charge on any atom is 0.188 e. The Morgan fingerprint density at radius 3 is 2.67 bits per heavy atom. The van der Waals surface area contributed by atoms with Crippen LogP contribution >= 0.6 is 0 Å². The van der Waals surface area contributed by atoms with Crippen molar-refractivity contribution in [3.05, 3.63) is 47.5 Å². The van der Waals surface area contributed by atoms with Crippen molar-refractivity contribution in [2.75, 3.05) is 0 Å². The zero-order chi connectivity index (χ0) is 10.7. The lowest BCUT2D eigenvalue weighted by Gasteiger charge is -2.14. The lowest BCUT2D eigenvalue weighted by Crippen LogP contribution is -2.11. The smallest absolute Gasteiger partial charge is 0.188 e. The van der Waals surface area contributed by atoms with Crippen LogP contribution in [-0.2, 0) is 0 Å². The van der Waals surface area contributed by atoms with Crippen molar-refractivity contribution in [3.8, 4) is 0 Å². The minimum atomic E-state index is -0.943. The van der Waals surface area contributed by atoms with Crippen LogP contribution in [0.3, 0.4) is 0 Å². The fraction of sp³-hybridized carbons (Fsp3) is 0.308. The monoisotopic (exact) mass is 204 g/mol. The summed E-state index contributed by atoms with van der Waals surface area (Å²) in [6.45, 7) is 0. The number of rotatable bonds is 2. The van der Waals surface area contributed by atoms with Crippen LogP contribution in [0.25, 0.3) is 0 Å². The summed E-state index contributed by atoms with van der Waals surface area (Å²) in [5.74, 6) is -0.0297. The molecule has 0 saturated carbocycles. The number of hydrogen-bond acceptors (Lipinski definition) is 1. The SMILES string of the molecule is O=C(C1=CC(F)CCC1)c1ccccc1. The van der Waals surface area contributed by atoms with Gasteiger partial charge in [0.2, 0.25) is 0 Å². The highest BCUT2D eigenvalue weighted by Crippen LogP contribution is 2.23. The van der Waals surface area contributed by atoms with Crippen molar-refractivity contribution >= 4 is 5.78 Å². The molecule has 0 aliphatic heterocycles. The van der Waals surface area contributed by atoms with Gasteiger partial charge in [-0.3, -0.25) is 4.79 Å². The van der Waals surface area contributed by atoms with Crippen LogP contribution in [0.5, 0.6) is 0 Å². The molecule has 0 spiro atoms. The Hall–Kier alpha value is -1.44. The number of benzene rings is 1. The zero-order valence-corrected chi connectivity index (χ0v) is 8.45. The van der Waals surface area contributed by atoms with Gasteiger partial charge in [-0.1, -0.05) is 30.3 Å². The molecule has 0 aromatic heterocycles. The molecule has 1 aliphatic carbocycles. The number of Topliss-reactive ketones (excluding diaryl/α,β-unsaturated/α-hetero) is 1. The summed E-state index contributed by atoms with van der Waals surface area (Å²) in [6.07, 6.45) is 2.55. The van der Waals surface area contributed by atoms with Gasteiger partial charge in [0.1, 0.15) is 6.17 Å². The maximum absolute atomic E-state index is 13.1. The van der Waals surface area contributed by atoms with E-state index < -0.39 is 6.17 Å². The summed E-state index contributed by atoms with van der Waals surface area (Å²) in [5, 5.41) is 0. The van der Waals surface area contributed by atoms with Crippen molar-refractivity contribution in [2.24, 2.45) is 0 Å². The van der Waals surface area contributed by atoms with E-state index in [-0.39, 0.29) is 5.78 Å². The molecule has 1 aromatic carbocycles. The Labute approximate surface area is 88.6 Å². The topological polar surface area (TPSA) is 17.1 Å². The van der Waals surface area contributed by atoms with E-state index in [9.17, 15) is 9.18 Å². The Kier molecular flexibility index (Phi) is 2.95. The largest absolute Gasteiger partial charge is 0.289 e. The average Bonchev–Trinajstić information content (AvgIpc) is 2.29. The first kappa shape index (κ1) is 10.1.